The molecule has 2 fully saturated rings. The van der Waals surface area contributed by atoms with Crippen LogP contribution in [0.5, 0.6) is 0 Å². The first-order valence-electron chi connectivity index (χ1n) is 8.41. The van der Waals surface area contributed by atoms with Gasteiger partial charge in [-0.05, 0) is 30.5 Å². The number of nitrogens with zero attached hydrogens (tertiary/aromatic N) is 2. The third-order valence-corrected chi connectivity index (χ3v) is 5.25. The molecule has 2 aliphatic heterocycles. The van der Waals surface area contributed by atoms with E-state index >= 15 is 0 Å². The highest BCUT2D eigenvalue weighted by Crippen LogP contribution is 2.44. The van der Waals surface area contributed by atoms with E-state index in [9.17, 15) is 4.79 Å². The van der Waals surface area contributed by atoms with Gasteiger partial charge in [-0.25, -0.2) is 0 Å². The van der Waals surface area contributed by atoms with Crippen LogP contribution < -0.4 is 4.90 Å². The minimum Gasteiger partial charge on any atom is -0.306 e. The quantitative estimate of drug-likeness (QED) is 0.811. The number of anilines is 1. The molecule has 2 saturated heterocycles. The van der Waals surface area contributed by atoms with Crippen LogP contribution in [0.3, 0.4) is 0 Å². The number of benzene rings is 2. The zero-order valence-corrected chi connectivity index (χ0v) is 13.3. The largest absolute Gasteiger partial charge is 0.306 e. The minimum atomic E-state index is 0.0611. The van der Waals surface area contributed by atoms with Crippen molar-refractivity contribution in [1.29, 1.82) is 0 Å². The van der Waals surface area contributed by atoms with Gasteiger partial charge in [0.2, 0.25) is 5.91 Å². The summed E-state index contributed by atoms with van der Waals surface area (Å²) in [5.74, 6) is 0.271. The average Bonchev–Trinajstić information content (AvgIpc) is 2.58. The predicted molar refractivity (Wildman–Crippen MR) is 92.2 cm³/mol. The van der Waals surface area contributed by atoms with E-state index < -0.39 is 0 Å². The van der Waals surface area contributed by atoms with Crippen molar-refractivity contribution in [1.82, 2.24) is 4.90 Å². The molecule has 3 nitrogen and oxygen atoms in total. The number of likely N-dealkylation sites (tertiary alicyclic amines) is 1. The number of para-hydroxylation sites is 1. The van der Waals surface area contributed by atoms with Gasteiger partial charge in [0.05, 0.1) is 12.0 Å². The van der Waals surface area contributed by atoms with Gasteiger partial charge in [0, 0.05) is 25.3 Å². The molecule has 4 rings (SSSR count). The maximum absolute atomic E-state index is 12.2. The van der Waals surface area contributed by atoms with Crippen molar-refractivity contribution in [3.8, 4) is 0 Å². The molecule has 2 aromatic carbocycles. The number of carbonyl (C=O) groups excluding carboxylic acids is 1. The van der Waals surface area contributed by atoms with Crippen molar-refractivity contribution in [2.45, 2.75) is 31.3 Å². The van der Waals surface area contributed by atoms with E-state index in [4.69, 9.17) is 0 Å². The molecule has 0 aromatic heterocycles. The van der Waals surface area contributed by atoms with Crippen LogP contribution in [0, 0.1) is 0 Å². The molecule has 118 valence electrons. The highest BCUT2D eigenvalue weighted by molar-refractivity contribution is 6.02. The minimum absolute atomic E-state index is 0.0611. The topological polar surface area (TPSA) is 23.6 Å². The highest BCUT2D eigenvalue weighted by Gasteiger charge is 2.52. The molecule has 2 aromatic rings. The molecular formula is C20H22N2O. The normalized spacial score (nSPS) is 20.5. The van der Waals surface area contributed by atoms with Crippen LogP contribution >= 0.6 is 0 Å². The van der Waals surface area contributed by atoms with Gasteiger partial charge in [0.25, 0.3) is 0 Å². The third kappa shape index (κ3) is 2.66. The Morgan fingerprint density at radius 2 is 1.48 bits per heavy atom. The summed E-state index contributed by atoms with van der Waals surface area (Å²) in [6, 6.07) is 20.8. The van der Waals surface area contributed by atoms with Crippen LogP contribution in [-0.2, 0) is 11.3 Å². The summed E-state index contributed by atoms with van der Waals surface area (Å²) < 4.78 is 0. The summed E-state index contributed by atoms with van der Waals surface area (Å²) in [5.41, 5.74) is 2.49. The SMILES string of the molecule is O=C1CC2(CCN(Cc3ccccc3)CC2)N1c1ccccc1. The molecule has 0 atom stereocenters. The molecule has 0 radical (unpaired) electrons. The summed E-state index contributed by atoms with van der Waals surface area (Å²) in [5, 5.41) is 0. The maximum atomic E-state index is 12.2. The van der Waals surface area contributed by atoms with E-state index in [1.807, 2.05) is 23.1 Å². The Labute approximate surface area is 137 Å². The zero-order chi connectivity index (χ0) is 15.7. The fraction of sp³-hybridized carbons (Fsp3) is 0.350. The lowest BCUT2D eigenvalue weighted by atomic mass is 9.75. The molecule has 2 aliphatic rings. The summed E-state index contributed by atoms with van der Waals surface area (Å²) in [6.07, 6.45) is 2.85. The summed E-state index contributed by atoms with van der Waals surface area (Å²) in [7, 11) is 0. The first kappa shape index (κ1) is 14.5. The van der Waals surface area contributed by atoms with Crippen molar-refractivity contribution in [2.75, 3.05) is 18.0 Å². The van der Waals surface area contributed by atoms with Crippen molar-refractivity contribution in [2.24, 2.45) is 0 Å². The van der Waals surface area contributed by atoms with E-state index in [0.29, 0.717) is 6.42 Å². The molecule has 0 N–H and O–H groups in total. The van der Waals surface area contributed by atoms with E-state index in [0.717, 1.165) is 38.2 Å². The number of hydrogen-bond acceptors (Lipinski definition) is 2. The van der Waals surface area contributed by atoms with Gasteiger partial charge in [0.15, 0.2) is 0 Å². The molecule has 1 amide bonds. The molecule has 0 unspecified atom stereocenters. The second-order valence-electron chi connectivity index (χ2n) is 6.73. The maximum Gasteiger partial charge on any atom is 0.229 e. The van der Waals surface area contributed by atoms with Gasteiger partial charge in [-0.3, -0.25) is 9.69 Å². The molecule has 3 heteroatoms. The lowest BCUT2D eigenvalue weighted by molar-refractivity contribution is -0.129. The fourth-order valence-electron chi connectivity index (χ4n) is 3.98. The number of β-lactam (4-membered cyclic amide) rings is 1. The Hall–Kier alpha value is -2.13. The zero-order valence-electron chi connectivity index (χ0n) is 13.3. The Bertz CT molecular complexity index is 675. The highest BCUT2D eigenvalue weighted by atomic mass is 16.2. The van der Waals surface area contributed by atoms with Crippen LogP contribution in [-0.4, -0.2) is 29.4 Å². The van der Waals surface area contributed by atoms with Crippen molar-refractivity contribution >= 4 is 11.6 Å². The number of rotatable bonds is 3. The Morgan fingerprint density at radius 3 is 2.09 bits per heavy atom. The van der Waals surface area contributed by atoms with Crippen LogP contribution in [0.15, 0.2) is 60.7 Å². The molecule has 0 bridgehead atoms. The third-order valence-electron chi connectivity index (χ3n) is 5.25. The summed E-state index contributed by atoms with van der Waals surface area (Å²) in [4.78, 5) is 16.7. The molecule has 0 aliphatic carbocycles. The second kappa shape index (κ2) is 5.82. The molecule has 0 saturated carbocycles. The Kier molecular flexibility index (Phi) is 3.66. The molecule has 2 heterocycles. The average molecular weight is 306 g/mol. The number of hydrogen-bond donors (Lipinski definition) is 0. The molecule has 23 heavy (non-hydrogen) atoms. The Morgan fingerprint density at radius 1 is 0.870 bits per heavy atom. The van der Waals surface area contributed by atoms with Crippen LogP contribution in [0.2, 0.25) is 0 Å². The van der Waals surface area contributed by atoms with Crippen molar-refractivity contribution in [3.63, 3.8) is 0 Å². The lowest BCUT2D eigenvalue weighted by Crippen LogP contribution is -2.67. The van der Waals surface area contributed by atoms with Gasteiger partial charge < -0.3 is 4.90 Å². The second-order valence-corrected chi connectivity index (χ2v) is 6.73. The van der Waals surface area contributed by atoms with Gasteiger partial charge >= 0.3 is 0 Å². The van der Waals surface area contributed by atoms with Crippen LogP contribution in [0.1, 0.15) is 24.8 Å². The van der Waals surface area contributed by atoms with Gasteiger partial charge in [-0.2, -0.15) is 0 Å². The number of piperidine rings is 1. The number of carbonyl (C=O) groups is 1. The first-order chi connectivity index (χ1) is 11.3. The molecular weight excluding hydrogens is 284 g/mol. The fourth-order valence-corrected chi connectivity index (χ4v) is 3.98. The smallest absolute Gasteiger partial charge is 0.229 e. The summed E-state index contributed by atoms with van der Waals surface area (Å²) >= 11 is 0. The van der Waals surface area contributed by atoms with Gasteiger partial charge in [0.1, 0.15) is 0 Å². The molecule has 1 spiro atoms. The van der Waals surface area contributed by atoms with E-state index in [1.54, 1.807) is 0 Å². The first-order valence-corrected chi connectivity index (χ1v) is 8.41. The van der Waals surface area contributed by atoms with E-state index in [-0.39, 0.29) is 11.4 Å². The van der Waals surface area contributed by atoms with Crippen molar-refractivity contribution in [3.05, 3.63) is 66.2 Å². The lowest BCUT2D eigenvalue weighted by Gasteiger charge is -2.55. The van der Waals surface area contributed by atoms with E-state index in [2.05, 4.69) is 47.4 Å². The van der Waals surface area contributed by atoms with Crippen molar-refractivity contribution < 1.29 is 4.79 Å². The predicted octanol–water partition coefficient (Wildman–Crippen LogP) is 3.46. The number of amides is 1. The van der Waals surface area contributed by atoms with Crippen LogP contribution in [0.25, 0.3) is 0 Å². The monoisotopic (exact) mass is 306 g/mol. The van der Waals surface area contributed by atoms with Crippen LogP contribution in [0.4, 0.5) is 5.69 Å². The van der Waals surface area contributed by atoms with E-state index in [1.165, 1.54) is 5.56 Å². The Balaban J connectivity index is 1.43. The van der Waals surface area contributed by atoms with Gasteiger partial charge in [-0.1, -0.05) is 48.5 Å². The summed E-state index contributed by atoms with van der Waals surface area (Å²) in [6.45, 7) is 3.13. The van der Waals surface area contributed by atoms with Gasteiger partial charge in [-0.15, -0.1) is 0 Å². The standard InChI is InChI=1S/C20H22N2O/c23-19-15-20(22(19)18-9-5-2-6-10-18)11-13-21(14-12-20)16-17-7-3-1-4-8-17/h1-10H,11-16H2.